The van der Waals surface area contributed by atoms with Crippen LogP contribution < -0.4 is 10.6 Å². The van der Waals surface area contributed by atoms with E-state index in [1.165, 1.54) is 11.1 Å². The summed E-state index contributed by atoms with van der Waals surface area (Å²) in [5, 5.41) is 21.1. The van der Waals surface area contributed by atoms with E-state index in [2.05, 4.69) is 46.8 Å². The third kappa shape index (κ3) is 7.33. The maximum atomic E-state index is 10.6. The number of nitrogens with zero attached hydrogens (tertiary/aromatic N) is 1. The summed E-state index contributed by atoms with van der Waals surface area (Å²) in [5.74, 6) is 0.737. The van der Waals surface area contributed by atoms with Crippen LogP contribution >= 0.6 is 35.3 Å². The average Bonchev–Trinajstić information content (AvgIpc) is 3.08. The molecule has 25 heavy (non-hydrogen) atoms. The van der Waals surface area contributed by atoms with Gasteiger partial charge in [0.05, 0.1) is 6.54 Å². The van der Waals surface area contributed by atoms with Crippen LogP contribution in [0.4, 0.5) is 0 Å². The van der Waals surface area contributed by atoms with Gasteiger partial charge in [-0.2, -0.15) is 11.3 Å². The van der Waals surface area contributed by atoms with Gasteiger partial charge in [-0.1, -0.05) is 29.8 Å². The van der Waals surface area contributed by atoms with Gasteiger partial charge in [0.2, 0.25) is 0 Å². The van der Waals surface area contributed by atoms with Crippen molar-refractivity contribution in [3.05, 3.63) is 57.8 Å². The Morgan fingerprint density at radius 2 is 2.08 bits per heavy atom. The molecule has 0 fully saturated rings. The van der Waals surface area contributed by atoms with Gasteiger partial charge in [0, 0.05) is 13.1 Å². The van der Waals surface area contributed by atoms with E-state index >= 15 is 0 Å². The standard InChI is InChI=1S/C19H27N3OS.HI/c1-4-20-18(21-10-8-16-7-5-6-15(2)12-16)22-14-19(3,23)17-9-11-24-13-17;/h5-7,9,11-13,23H,4,8,10,14H2,1-3H3,(H2,20,21,22);1H. The highest BCUT2D eigenvalue weighted by Gasteiger charge is 2.23. The highest BCUT2D eigenvalue weighted by Crippen LogP contribution is 2.23. The lowest BCUT2D eigenvalue weighted by Gasteiger charge is -2.21. The van der Waals surface area contributed by atoms with E-state index in [9.17, 15) is 5.11 Å². The van der Waals surface area contributed by atoms with Crippen LogP contribution in [0.15, 0.2) is 46.1 Å². The van der Waals surface area contributed by atoms with E-state index in [4.69, 9.17) is 0 Å². The van der Waals surface area contributed by atoms with Gasteiger partial charge in [-0.25, -0.2) is 4.99 Å². The number of benzene rings is 1. The van der Waals surface area contributed by atoms with Crippen LogP contribution in [-0.2, 0) is 12.0 Å². The Balaban J connectivity index is 0.00000312. The van der Waals surface area contributed by atoms with Gasteiger partial charge in [-0.15, -0.1) is 24.0 Å². The van der Waals surface area contributed by atoms with Crippen molar-refractivity contribution in [2.24, 2.45) is 4.99 Å². The average molecular weight is 473 g/mol. The largest absolute Gasteiger partial charge is 0.383 e. The Morgan fingerprint density at radius 3 is 2.72 bits per heavy atom. The van der Waals surface area contributed by atoms with Crippen molar-refractivity contribution >= 4 is 41.3 Å². The van der Waals surface area contributed by atoms with Crippen LogP contribution in [0.2, 0.25) is 0 Å². The second-order valence-corrected chi connectivity index (χ2v) is 6.93. The van der Waals surface area contributed by atoms with E-state index in [1.54, 1.807) is 18.3 Å². The number of halogens is 1. The predicted octanol–water partition coefficient (Wildman–Crippen LogP) is 3.68. The molecule has 2 aromatic rings. The van der Waals surface area contributed by atoms with Gasteiger partial charge in [-0.05, 0) is 55.1 Å². The minimum absolute atomic E-state index is 0. The second-order valence-electron chi connectivity index (χ2n) is 6.15. The number of guanidine groups is 1. The summed E-state index contributed by atoms with van der Waals surface area (Å²) in [6.45, 7) is 7.86. The summed E-state index contributed by atoms with van der Waals surface area (Å²) in [7, 11) is 0. The molecule has 0 aliphatic rings. The third-order valence-corrected chi connectivity index (χ3v) is 4.50. The summed E-state index contributed by atoms with van der Waals surface area (Å²) < 4.78 is 0. The number of aryl methyl sites for hydroxylation is 1. The third-order valence-electron chi connectivity index (χ3n) is 3.82. The van der Waals surface area contributed by atoms with Gasteiger partial charge in [-0.3, -0.25) is 0 Å². The first-order chi connectivity index (χ1) is 11.5. The first-order valence-corrected chi connectivity index (χ1v) is 9.28. The summed E-state index contributed by atoms with van der Waals surface area (Å²) >= 11 is 1.58. The molecule has 0 saturated heterocycles. The smallest absolute Gasteiger partial charge is 0.191 e. The number of hydrogen-bond acceptors (Lipinski definition) is 3. The highest BCUT2D eigenvalue weighted by molar-refractivity contribution is 14.0. The second kappa shape index (κ2) is 10.8. The topological polar surface area (TPSA) is 56.7 Å². The molecule has 0 bridgehead atoms. The fourth-order valence-electron chi connectivity index (χ4n) is 2.43. The Labute approximate surface area is 171 Å². The van der Waals surface area contributed by atoms with Crippen LogP contribution in [-0.4, -0.2) is 30.7 Å². The van der Waals surface area contributed by atoms with Crippen LogP contribution in [0.5, 0.6) is 0 Å². The monoisotopic (exact) mass is 473 g/mol. The molecule has 1 aromatic carbocycles. The number of hydrogen-bond donors (Lipinski definition) is 3. The summed E-state index contributed by atoms with van der Waals surface area (Å²) in [4.78, 5) is 4.54. The molecule has 0 spiro atoms. The highest BCUT2D eigenvalue weighted by atomic mass is 127. The maximum Gasteiger partial charge on any atom is 0.191 e. The van der Waals surface area contributed by atoms with E-state index in [1.807, 2.05) is 23.8 Å². The van der Waals surface area contributed by atoms with Crippen LogP contribution in [0, 0.1) is 6.92 Å². The van der Waals surface area contributed by atoms with Gasteiger partial charge in [0.25, 0.3) is 0 Å². The minimum atomic E-state index is -0.946. The fourth-order valence-corrected chi connectivity index (χ4v) is 3.21. The molecule has 0 aliphatic carbocycles. The van der Waals surface area contributed by atoms with Crippen molar-refractivity contribution in [3.8, 4) is 0 Å². The van der Waals surface area contributed by atoms with Gasteiger partial charge < -0.3 is 15.7 Å². The maximum absolute atomic E-state index is 10.6. The fraction of sp³-hybridized carbons (Fsp3) is 0.421. The normalized spacial score (nSPS) is 13.7. The lowest BCUT2D eigenvalue weighted by atomic mass is 10.00. The summed E-state index contributed by atoms with van der Waals surface area (Å²) in [6.07, 6.45) is 0.938. The molecule has 0 radical (unpaired) electrons. The molecule has 1 unspecified atom stereocenters. The molecular weight excluding hydrogens is 445 g/mol. The lowest BCUT2D eigenvalue weighted by molar-refractivity contribution is 0.0677. The first-order valence-electron chi connectivity index (χ1n) is 8.34. The van der Waals surface area contributed by atoms with Crippen molar-refractivity contribution in [1.29, 1.82) is 0 Å². The molecule has 0 amide bonds. The predicted molar refractivity (Wildman–Crippen MR) is 118 cm³/mol. The zero-order chi connectivity index (χ0) is 17.4. The molecule has 1 atom stereocenters. The number of rotatable bonds is 7. The SMILES string of the molecule is CCNC(=NCC(C)(O)c1ccsc1)NCCc1cccc(C)c1.I. The molecule has 1 aromatic heterocycles. The van der Waals surface area contributed by atoms with E-state index in [-0.39, 0.29) is 24.0 Å². The zero-order valence-electron chi connectivity index (χ0n) is 15.1. The lowest BCUT2D eigenvalue weighted by Crippen LogP contribution is -2.39. The molecular formula is C19H28IN3OS. The molecule has 2 rings (SSSR count). The Bertz CT molecular complexity index is 656. The Morgan fingerprint density at radius 1 is 1.28 bits per heavy atom. The van der Waals surface area contributed by atoms with Gasteiger partial charge in [0.15, 0.2) is 5.96 Å². The van der Waals surface area contributed by atoms with Crippen molar-refractivity contribution in [2.45, 2.75) is 32.8 Å². The van der Waals surface area contributed by atoms with E-state index < -0.39 is 5.60 Å². The number of aliphatic hydroxyl groups is 1. The first kappa shape index (κ1) is 21.9. The van der Waals surface area contributed by atoms with Gasteiger partial charge in [0.1, 0.15) is 5.60 Å². The van der Waals surface area contributed by atoms with Crippen LogP contribution in [0.25, 0.3) is 0 Å². The zero-order valence-corrected chi connectivity index (χ0v) is 18.2. The van der Waals surface area contributed by atoms with Gasteiger partial charge >= 0.3 is 0 Å². The van der Waals surface area contributed by atoms with Crippen LogP contribution in [0.1, 0.15) is 30.5 Å². The van der Waals surface area contributed by atoms with E-state index in [0.717, 1.165) is 31.0 Å². The molecule has 0 aliphatic heterocycles. The summed E-state index contributed by atoms with van der Waals surface area (Å²) in [5.41, 5.74) is 2.55. The quantitative estimate of drug-likeness (QED) is 0.327. The number of nitrogens with one attached hydrogen (secondary N) is 2. The molecule has 4 nitrogen and oxygen atoms in total. The molecule has 6 heteroatoms. The number of thiophene rings is 1. The van der Waals surface area contributed by atoms with Crippen molar-refractivity contribution < 1.29 is 5.11 Å². The molecule has 138 valence electrons. The molecule has 3 N–H and O–H groups in total. The van der Waals surface area contributed by atoms with Crippen molar-refractivity contribution in [3.63, 3.8) is 0 Å². The molecule has 1 heterocycles. The Kier molecular flexibility index (Phi) is 9.45. The Hall–Kier alpha value is -1.12. The van der Waals surface area contributed by atoms with Crippen LogP contribution in [0.3, 0.4) is 0 Å². The summed E-state index contributed by atoms with van der Waals surface area (Å²) in [6, 6.07) is 10.5. The van der Waals surface area contributed by atoms with Crippen molar-refractivity contribution in [1.82, 2.24) is 10.6 Å². The van der Waals surface area contributed by atoms with E-state index in [0.29, 0.717) is 6.54 Å². The molecule has 0 saturated carbocycles. The number of aliphatic imine (C=N–C) groups is 1. The van der Waals surface area contributed by atoms with Crippen molar-refractivity contribution in [2.75, 3.05) is 19.6 Å². The minimum Gasteiger partial charge on any atom is -0.383 e.